The maximum atomic E-state index is 5.50. The van der Waals surface area contributed by atoms with Gasteiger partial charge >= 0.3 is 0 Å². The Bertz CT molecular complexity index is 781. The van der Waals surface area contributed by atoms with Crippen molar-refractivity contribution in [3.05, 3.63) is 48.2 Å². The highest BCUT2D eigenvalue weighted by Gasteiger charge is 2.17. The number of ether oxygens (including phenoxy) is 1. The van der Waals surface area contributed by atoms with E-state index in [2.05, 4.69) is 34.7 Å². The van der Waals surface area contributed by atoms with Gasteiger partial charge in [0, 0.05) is 12.3 Å². The van der Waals surface area contributed by atoms with Crippen molar-refractivity contribution in [2.75, 3.05) is 7.11 Å². The molecule has 0 amide bonds. The molecule has 0 radical (unpaired) electrons. The van der Waals surface area contributed by atoms with E-state index in [0.29, 0.717) is 5.92 Å². The topological polar surface area (TPSA) is 53.1 Å². The first-order valence-electron chi connectivity index (χ1n) is 7.90. The van der Waals surface area contributed by atoms with Crippen LogP contribution >= 0.6 is 11.8 Å². The van der Waals surface area contributed by atoms with Crippen molar-refractivity contribution in [2.24, 2.45) is 5.92 Å². The van der Waals surface area contributed by atoms with Crippen LogP contribution in [0.1, 0.15) is 19.4 Å². The molecule has 0 spiro atoms. The van der Waals surface area contributed by atoms with Gasteiger partial charge in [-0.25, -0.2) is 0 Å². The van der Waals surface area contributed by atoms with E-state index in [4.69, 9.17) is 9.15 Å². The van der Waals surface area contributed by atoms with E-state index in [-0.39, 0.29) is 0 Å². The number of benzene rings is 1. The zero-order valence-corrected chi connectivity index (χ0v) is 14.9. The summed E-state index contributed by atoms with van der Waals surface area (Å²) in [5.74, 6) is 3.70. The van der Waals surface area contributed by atoms with Gasteiger partial charge in [0.15, 0.2) is 16.7 Å². The second kappa shape index (κ2) is 7.57. The average molecular weight is 343 g/mol. The van der Waals surface area contributed by atoms with Crippen molar-refractivity contribution in [1.82, 2.24) is 14.8 Å². The van der Waals surface area contributed by atoms with E-state index in [9.17, 15) is 0 Å². The quantitative estimate of drug-likeness (QED) is 0.591. The molecule has 0 N–H and O–H groups in total. The lowest BCUT2D eigenvalue weighted by Crippen LogP contribution is -2.07. The summed E-state index contributed by atoms with van der Waals surface area (Å²) in [4.78, 5) is 0. The first kappa shape index (κ1) is 16.6. The molecule has 3 rings (SSSR count). The summed E-state index contributed by atoms with van der Waals surface area (Å²) in [5.41, 5.74) is 1.19. The first-order valence-corrected chi connectivity index (χ1v) is 8.88. The van der Waals surface area contributed by atoms with Crippen molar-refractivity contribution in [3.8, 4) is 17.3 Å². The Labute approximate surface area is 146 Å². The van der Waals surface area contributed by atoms with Crippen LogP contribution in [0.2, 0.25) is 0 Å². The van der Waals surface area contributed by atoms with Crippen LogP contribution in [0.15, 0.2) is 52.2 Å². The number of hydrogen-bond donors (Lipinski definition) is 0. The van der Waals surface area contributed by atoms with Crippen LogP contribution in [0.4, 0.5) is 0 Å². The van der Waals surface area contributed by atoms with Gasteiger partial charge < -0.3 is 9.15 Å². The highest BCUT2D eigenvalue weighted by Crippen LogP contribution is 2.28. The molecule has 0 saturated carbocycles. The smallest absolute Gasteiger partial charge is 0.200 e. The van der Waals surface area contributed by atoms with Crippen LogP contribution in [-0.2, 0) is 12.3 Å². The monoisotopic (exact) mass is 343 g/mol. The van der Waals surface area contributed by atoms with Crippen LogP contribution in [-0.4, -0.2) is 21.9 Å². The zero-order chi connectivity index (χ0) is 16.9. The maximum Gasteiger partial charge on any atom is 0.200 e. The second-order valence-electron chi connectivity index (χ2n) is 5.93. The summed E-state index contributed by atoms with van der Waals surface area (Å²) in [5, 5.41) is 9.60. The van der Waals surface area contributed by atoms with E-state index in [1.54, 1.807) is 25.1 Å². The summed E-state index contributed by atoms with van der Waals surface area (Å²) in [7, 11) is 1.68. The first-order chi connectivity index (χ1) is 11.7. The van der Waals surface area contributed by atoms with Crippen molar-refractivity contribution in [1.29, 1.82) is 0 Å². The second-order valence-corrected chi connectivity index (χ2v) is 6.87. The summed E-state index contributed by atoms with van der Waals surface area (Å²) >= 11 is 1.67. The van der Waals surface area contributed by atoms with Gasteiger partial charge in [-0.15, -0.1) is 10.2 Å². The van der Waals surface area contributed by atoms with Gasteiger partial charge in [-0.2, -0.15) is 0 Å². The minimum absolute atomic E-state index is 0.492. The third-order valence-electron chi connectivity index (χ3n) is 3.51. The van der Waals surface area contributed by atoms with Gasteiger partial charge in [0.25, 0.3) is 0 Å². The summed E-state index contributed by atoms with van der Waals surface area (Å²) < 4.78 is 12.9. The fourth-order valence-corrected chi connectivity index (χ4v) is 3.31. The SMILES string of the molecule is COc1cccc(CSc2nnc(-c3ccco3)n2CC(C)C)c1. The van der Waals surface area contributed by atoms with Crippen molar-refractivity contribution in [2.45, 2.75) is 31.3 Å². The minimum Gasteiger partial charge on any atom is -0.497 e. The van der Waals surface area contributed by atoms with E-state index < -0.39 is 0 Å². The van der Waals surface area contributed by atoms with Gasteiger partial charge in [0.05, 0.1) is 13.4 Å². The van der Waals surface area contributed by atoms with E-state index in [1.807, 2.05) is 30.3 Å². The normalized spacial score (nSPS) is 11.2. The van der Waals surface area contributed by atoms with Crippen LogP contribution in [0.3, 0.4) is 0 Å². The van der Waals surface area contributed by atoms with Crippen LogP contribution in [0.25, 0.3) is 11.6 Å². The molecule has 0 aliphatic carbocycles. The number of methoxy groups -OCH3 is 1. The number of nitrogens with zero attached hydrogens (tertiary/aromatic N) is 3. The Balaban J connectivity index is 1.82. The Morgan fingerprint density at radius 3 is 2.79 bits per heavy atom. The molecule has 0 bridgehead atoms. The summed E-state index contributed by atoms with van der Waals surface area (Å²) in [6.45, 7) is 5.22. The lowest BCUT2D eigenvalue weighted by Gasteiger charge is -2.11. The Morgan fingerprint density at radius 2 is 2.08 bits per heavy atom. The van der Waals surface area contributed by atoms with Crippen LogP contribution in [0, 0.1) is 5.92 Å². The largest absolute Gasteiger partial charge is 0.497 e. The Morgan fingerprint density at radius 1 is 1.21 bits per heavy atom. The molecule has 0 aliphatic heterocycles. The molecule has 5 nitrogen and oxygen atoms in total. The molecule has 2 heterocycles. The predicted octanol–water partition coefficient (Wildman–Crippen LogP) is 4.50. The fraction of sp³-hybridized carbons (Fsp3) is 0.333. The third-order valence-corrected chi connectivity index (χ3v) is 4.55. The lowest BCUT2D eigenvalue weighted by molar-refractivity contribution is 0.414. The van der Waals surface area contributed by atoms with Crippen LogP contribution in [0.5, 0.6) is 5.75 Å². The Kier molecular flexibility index (Phi) is 5.25. The molecule has 0 unspecified atom stereocenters. The van der Waals surface area contributed by atoms with Crippen molar-refractivity contribution in [3.63, 3.8) is 0 Å². The van der Waals surface area contributed by atoms with Crippen molar-refractivity contribution >= 4 is 11.8 Å². The molecule has 0 aliphatic rings. The van der Waals surface area contributed by atoms with Gasteiger partial charge in [-0.1, -0.05) is 37.7 Å². The van der Waals surface area contributed by atoms with E-state index in [0.717, 1.165) is 34.8 Å². The zero-order valence-electron chi connectivity index (χ0n) is 14.1. The van der Waals surface area contributed by atoms with Gasteiger partial charge in [-0.05, 0) is 35.7 Å². The number of rotatable bonds is 7. The number of furan rings is 1. The predicted molar refractivity (Wildman–Crippen MR) is 95.1 cm³/mol. The number of aromatic nitrogens is 3. The van der Waals surface area contributed by atoms with Crippen molar-refractivity contribution < 1.29 is 9.15 Å². The molecular weight excluding hydrogens is 322 g/mol. The van der Waals surface area contributed by atoms with Crippen LogP contribution < -0.4 is 4.74 Å². The standard InChI is InChI=1S/C18H21N3O2S/c1-13(2)11-21-17(16-8-5-9-23-16)19-20-18(21)24-12-14-6-4-7-15(10-14)22-3/h4-10,13H,11-12H2,1-3H3. The molecule has 6 heteroatoms. The van der Waals surface area contributed by atoms with Gasteiger partial charge in [-0.3, -0.25) is 4.57 Å². The summed E-state index contributed by atoms with van der Waals surface area (Å²) in [6, 6.07) is 11.9. The highest BCUT2D eigenvalue weighted by molar-refractivity contribution is 7.98. The maximum absolute atomic E-state index is 5.50. The average Bonchev–Trinajstić information content (AvgIpc) is 3.22. The van der Waals surface area contributed by atoms with Gasteiger partial charge in [0.2, 0.25) is 0 Å². The molecule has 126 valence electrons. The highest BCUT2D eigenvalue weighted by atomic mass is 32.2. The molecule has 1 aromatic carbocycles. The third kappa shape index (κ3) is 3.82. The van der Waals surface area contributed by atoms with E-state index >= 15 is 0 Å². The lowest BCUT2D eigenvalue weighted by atomic mass is 10.2. The molecule has 0 fully saturated rings. The molecule has 3 aromatic rings. The minimum atomic E-state index is 0.492. The Hall–Kier alpha value is -2.21. The molecular formula is C18H21N3O2S. The fourth-order valence-electron chi connectivity index (χ4n) is 2.42. The van der Waals surface area contributed by atoms with E-state index in [1.165, 1.54) is 5.56 Å². The van der Waals surface area contributed by atoms with Gasteiger partial charge in [0.1, 0.15) is 5.75 Å². The molecule has 24 heavy (non-hydrogen) atoms. The number of hydrogen-bond acceptors (Lipinski definition) is 5. The number of thioether (sulfide) groups is 1. The molecule has 2 aromatic heterocycles. The molecule has 0 atom stereocenters. The summed E-state index contributed by atoms with van der Waals surface area (Å²) in [6.07, 6.45) is 1.66. The molecule has 0 saturated heterocycles.